The van der Waals surface area contributed by atoms with E-state index in [1.54, 1.807) is 51.1 Å². The number of nitriles is 1. The van der Waals surface area contributed by atoms with E-state index < -0.39 is 27.8 Å². The van der Waals surface area contributed by atoms with E-state index in [9.17, 15) is 18.0 Å². The van der Waals surface area contributed by atoms with Gasteiger partial charge >= 0.3 is 12.2 Å². The van der Waals surface area contributed by atoms with Gasteiger partial charge in [0.05, 0.1) is 16.5 Å². The van der Waals surface area contributed by atoms with Gasteiger partial charge in [-0.25, -0.2) is 15.0 Å². The molecule has 0 aliphatic carbocycles. The average molecular weight is 431 g/mol. The summed E-state index contributed by atoms with van der Waals surface area (Å²) in [7, 11) is -4.54. The summed E-state index contributed by atoms with van der Waals surface area (Å²) in [5, 5.41) is 8.87. The second-order valence-electron chi connectivity index (χ2n) is 7.06. The number of benzene rings is 2. The van der Waals surface area contributed by atoms with E-state index in [1.165, 1.54) is 12.1 Å². The molecule has 0 radical (unpaired) electrons. The Morgan fingerprint density at radius 2 is 1.67 bits per heavy atom. The number of carbonyl (C=O) groups excluding carboxylic acids is 2. The van der Waals surface area contributed by atoms with Crippen LogP contribution in [0.5, 0.6) is 0 Å². The quantitative estimate of drug-likeness (QED) is 0.736. The molecular formula is C20H21N3O6S. The SMILES string of the molecule is CC(C)(C)OC(=O)N(NC(=O)OCc1ccccc1)S(=O)(=O)c1ccc(C#N)cc1. The lowest BCUT2D eigenvalue weighted by molar-refractivity contribution is 0.0304. The van der Waals surface area contributed by atoms with Crippen molar-refractivity contribution in [2.75, 3.05) is 0 Å². The van der Waals surface area contributed by atoms with Gasteiger partial charge in [-0.1, -0.05) is 30.3 Å². The number of sulfonamides is 1. The van der Waals surface area contributed by atoms with E-state index in [2.05, 4.69) is 0 Å². The van der Waals surface area contributed by atoms with Crippen LogP contribution in [0.1, 0.15) is 31.9 Å². The molecule has 1 N–H and O–H groups in total. The molecule has 0 bridgehead atoms. The number of hydrogen-bond acceptors (Lipinski definition) is 7. The molecule has 158 valence electrons. The molecule has 0 aromatic heterocycles. The number of nitrogens with one attached hydrogen (secondary N) is 1. The Balaban J connectivity index is 2.25. The van der Waals surface area contributed by atoms with Crippen molar-refractivity contribution in [3.05, 3.63) is 65.7 Å². The van der Waals surface area contributed by atoms with Crippen molar-refractivity contribution in [1.29, 1.82) is 5.26 Å². The molecule has 0 spiro atoms. The largest absolute Gasteiger partial charge is 0.444 e. The summed E-state index contributed by atoms with van der Waals surface area (Å²) in [5.74, 6) is 0. The Bertz CT molecular complexity index is 1040. The lowest BCUT2D eigenvalue weighted by atomic mass is 10.2. The fraction of sp³-hybridized carbons (Fsp3) is 0.250. The normalized spacial score (nSPS) is 11.1. The highest BCUT2D eigenvalue weighted by Gasteiger charge is 2.35. The lowest BCUT2D eigenvalue weighted by Gasteiger charge is -2.26. The number of ether oxygens (including phenoxy) is 2. The summed E-state index contributed by atoms with van der Waals surface area (Å²) in [6.07, 6.45) is -2.48. The maximum absolute atomic E-state index is 12.9. The minimum Gasteiger partial charge on any atom is -0.443 e. The second-order valence-corrected chi connectivity index (χ2v) is 8.85. The number of carbonyl (C=O) groups is 2. The molecule has 2 aromatic rings. The van der Waals surface area contributed by atoms with Crippen molar-refractivity contribution in [1.82, 2.24) is 9.84 Å². The molecule has 0 heterocycles. The molecule has 0 atom stereocenters. The molecule has 2 aromatic carbocycles. The number of hydrogen-bond donors (Lipinski definition) is 1. The van der Waals surface area contributed by atoms with Crippen LogP contribution in [-0.2, 0) is 26.1 Å². The Morgan fingerprint density at radius 1 is 1.07 bits per heavy atom. The van der Waals surface area contributed by atoms with Crippen LogP contribution in [0, 0.1) is 11.3 Å². The molecule has 0 saturated heterocycles. The van der Waals surface area contributed by atoms with Gasteiger partial charge in [-0.15, -0.1) is 4.41 Å². The topological polar surface area (TPSA) is 126 Å². The smallest absolute Gasteiger partial charge is 0.443 e. The van der Waals surface area contributed by atoms with Crippen LogP contribution < -0.4 is 5.43 Å². The van der Waals surface area contributed by atoms with Crippen LogP contribution in [0.4, 0.5) is 9.59 Å². The van der Waals surface area contributed by atoms with Crippen LogP contribution >= 0.6 is 0 Å². The van der Waals surface area contributed by atoms with Gasteiger partial charge in [0.1, 0.15) is 12.2 Å². The van der Waals surface area contributed by atoms with Gasteiger partial charge in [0, 0.05) is 0 Å². The van der Waals surface area contributed by atoms with Crippen LogP contribution in [0.2, 0.25) is 0 Å². The van der Waals surface area contributed by atoms with Gasteiger partial charge in [-0.05, 0) is 50.6 Å². The first-order valence-electron chi connectivity index (χ1n) is 8.79. The highest BCUT2D eigenvalue weighted by atomic mass is 32.2. The van der Waals surface area contributed by atoms with E-state index in [0.717, 1.165) is 12.1 Å². The zero-order valence-corrected chi connectivity index (χ0v) is 17.5. The van der Waals surface area contributed by atoms with Crippen LogP contribution in [-0.4, -0.2) is 30.6 Å². The summed E-state index contributed by atoms with van der Waals surface area (Å²) in [5.41, 5.74) is 1.80. The molecular weight excluding hydrogens is 410 g/mol. The van der Waals surface area contributed by atoms with Gasteiger partial charge < -0.3 is 9.47 Å². The Hall–Kier alpha value is -3.58. The third-order valence-electron chi connectivity index (χ3n) is 3.49. The van der Waals surface area contributed by atoms with Gasteiger partial charge in [0.25, 0.3) is 10.0 Å². The first-order valence-corrected chi connectivity index (χ1v) is 10.2. The van der Waals surface area contributed by atoms with Crippen molar-refractivity contribution in [3.8, 4) is 6.07 Å². The van der Waals surface area contributed by atoms with Crippen molar-refractivity contribution < 1.29 is 27.5 Å². The van der Waals surface area contributed by atoms with Gasteiger partial charge in [-0.2, -0.15) is 13.7 Å². The molecule has 9 nitrogen and oxygen atoms in total. The van der Waals surface area contributed by atoms with Crippen molar-refractivity contribution >= 4 is 22.2 Å². The Kier molecular flexibility index (Phi) is 7.02. The molecule has 0 saturated carbocycles. The zero-order chi connectivity index (χ0) is 22.4. The van der Waals surface area contributed by atoms with Crippen LogP contribution in [0.15, 0.2) is 59.5 Å². The fourth-order valence-corrected chi connectivity index (χ4v) is 3.27. The Morgan fingerprint density at radius 3 is 2.20 bits per heavy atom. The molecule has 0 unspecified atom stereocenters. The molecule has 0 aliphatic rings. The summed E-state index contributed by atoms with van der Waals surface area (Å²) < 4.78 is 36.1. The van der Waals surface area contributed by atoms with Crippen LogP contribution in [0.3, 0.4) is 0 Å². The first-order chi connectivity index (χ1) is 14.0. The molecule has 2 rings (SSSR count). The minimum atomic E-state index is -4.54. The predicted octanol–water partition coefficient (Wildman–Crippen LogP) is 3.33. The minimum absolute atomic E-state index is 0.0763. The summed E-state index contributed by atoms with van der Waals surface area (Å²) in [6.45, 7) is 4.51. The highest BCUT2D eigenvalue weighted by Crippen LogP contribution is 2.18. The molecule has 0 fully saturated rings. The summed E-state index contributed by atoms with van der Waals surface area (Å²) >= 11 is 0. The van der Waals surface area contributed by atoms with E-state index in [-0.39, 0.29) is 21.5 Å². The van der Waals surface area contributed by atoms with Crippen molar-refractivity contribution in [3.63, 3.8) is 0 Å². The standard InChI is InChI=1S/C20H21N3O6S/c1-20(2,3)29-19(25)23(22-18(24)28-14-16-7-5-4-6-8-16)30(26,27)17-11-9-15(13-21)10-12-17/h4-12H,14H2,1-3H3,(H,22,24). The molecule has 2 amide bonds. The monoisotopic (exact) mass is 431 g/mol. The summed E-state index contributed by atoms with van der Waals surface area (Å²) in [6, 6.07) is 15.4. The average Bonchev–Trinajstić information content (AvgIpc) is 2.69. The Labute approximate surface area is 174 Å². The molecule has 0 aliphatic heterocycles. The third kappa shape index (κ3) is 6.22. The first kappa shape index (κ1) is 22.7. The maximum Gasteiger partial charge on any atom is 0.444 e. The van der Waals surface area contributed by atoms with E-state index in [4.69, 9.17) is 14.7 Å². The number of nitrogens with zero attached hydrogens (tertiary/aromatic N) is 2. The number of amides is 2. The summed E-state index contributed by atoms with van der Waals surface area (Å²) in [4.78, 5) is 24.4. The predicted molar refractivity (Wildman–Crippen MR) is 106 cm³/mol. The second kappa shape index (κ2) is 9.28. The number of rotatable bonds is 4. The number of hydrazine groups is 1. The van der Waals surface area contributed by atoms with Gasteiger partial charge in [0.2, 0.25) is 0 Å². The van der Waals surface area contributed by atoms with Gasteiger partial charge in [-0.3, -0.25) is 0 Å². The van der Waals surface area contributed by atoms with Crippen molar-refractivity contribution in [2.24, 2.45) is 0 Å². The maximum atomic E-state index is 12.9. The third-order valence-corrected chi connectivity index (χ3v) is 5.08. The molecule has 30 heavy (non-hydrogen) atoms. The lowest BCUT2D eigenvalue weighted by Crippen LogP contribution is -2.51. The fourth-order valence-electron chi connectivity index (χ4n) is 2.15. The zero-order valence-electron chi connectivity index (χ0n) is 16.7. The van der Waals surface area contributed by atoms with E-state index >= 15 is 0 Å². The van der Waals surface area contributed by atoms with E-state index in [1.807, 2.05) is 11.5 Å². The van der Waals surface area contributed by atoms with Crippen molar-refractivity contribution in [2.45, 2.75) is 37.9 Å². The molecule has 10 heteroatoms. The highest BCUT2D eigenvalue weighted by molar-refractivity contribution is 7.89. The van der Waals surface area contributed by atoms with E-state index in [0.29, 0.717) is 5.56 Å². The van der Waals surface area contributed by atoms with Crippen LogP contribution in [0.25, 0.3) is 0 Å². The van der Waals surface area contributed by atoms with Gasteiger partial charge in [0.15, 0.2) is 0 Å².